The number of nitrogens with zero attached hydrogens (tertiary/aromatic N) is 1. The highest BCUT2D eigenvalue weighted by Crippen LogP contribution is 2.60. The van der Waals surface area contributed by atoms with Crippen molar-refractivity contribution in [1.29, 1.82) is 0 Å². The minimum absolute atomic E-state index is 0.0367. The van der Waals surface area contributed by atoms with Gasteiger partial charge in [0.15, 0.2) is 0 Å². The van der Waals surface area contributed by atoms with Crippen molar-refractivity contribution >= 4 is 5.84 Å². The second-order valence-electron chi connectivity index (χ2n) is 7.97. The van der Waals surface area contributed by atoms with Gasteiger partial charge in [-0.3, -0.25) is 4.99 Å². The highest BCUT2D eigenvalue weighted by atomic mass is 15.3. The molecule has 18 heavy (non-hydrogen) atoms. The molecule has 0 amide bonds. The molecule has 3 nitrogen and oxygen atoms in total. The number of aliphatic imine (C=N–C) groups is 1. The van der Waals surface area contributed by atoms with E-state index in [9.17, 15) is 0 Å². The third kappa shape index (κ3) is 2.07. The Labute approximate surface area is 111 Å². The van der Waals surface area contributed by atoms with E-state index in [1.807, 2.05) is 0 Å². The van der Waals surface area contributed by atoms with E-state index in [0.717, 1.165) is 23.6 Å². The summed E-state index contributed by atoms with van der Waals surface area (Å²) in [6.07, 6.45) is 8.35. The zero-order valence-electron chi connectivity index (χ0n) is 12.0. The first-order chi connectivity index (χ1) is 8.40. The molecule has 4 bridgehead atoms. The van der Waals surface area contributed by atoms with Crippen molar-refractivity contribution in [3.05, 3.63) is 0 Å². The van der Waals surface area contributed by atoms with Gasteiger partial charge in [0, 0.05) is 5.41 Å². The van der Waals surface area contributed by atoms with Gasteiger partial charge in [-0.2, -0.15) is 0 Å². The standard InChI is InChI=1S/C15H27N3/c1-14(2,3)17-13(18-16)15-7-10-4-11(8-15)6-12(5-10)9-15/h10-12H,4-9,16H2,1-3H3,(H,17,18). The Balaban J connectivity index is 1.92. The molecule has 4 aliphatic rings. The lowest BCUT2D eigenvalue weighted by atomic mass is 9.49. The molecule has 0 atom stereocenters. The van der Waals surface area contributed by atoms with Crippen LogP contribution < -0.4 is 11.3 Å². The van der Waals surface area contributed by atoms with Crippen molar-refractivity contribution in [2.45, 2.75) is 64.8 Å². The highest BCUT2D eigenvalue weighted by Gasteiger charge is 2.53. The first-order valence-corrected chi connectivity index (χ1v) is 7.47. The number of nitrogens with two attached hydrogens (primary N) is 1. The molecule has 4 rings (SSSR count). The van der Waals surface area contributed by atoms with Gasteiger partial charge in [-0.15, -0.1) is 0 Å². The molecular weight excluding hydrogens is 222 g/mol. The number of hydrazine groups is 1. The van der Waals surface area contributed by atoms with E-state index in [1.54, 1.807) is 0 Å². The molecule has 0 aliphatic heterocycles. The molecule has 4 saturated carbocycles. The van der Waals surface area contributed by atoms with Crippen LogP contribution in [-0.4, -0.2) is 11.4 Å². The zero-order chi connectivity index (χ0) is 13.0. The van der Waals surface area contributed by atoms with Gasteiger partial charge in [-0.05, 0) is 77.0 Å². The molecule has 3 N–H and O–H groups in total. The summed E-state index contributed by atoms with van der Waals surface area (Å²) in [7, 11) is 0. The van der Waals surface area contributed by atoms with Crippen molar-refractivity contribution in [2.75, 3.05) is 0 Å². The Hall–Kier alpha value is -0.570. The summed E-state index contributed by atoms with van der Waals surface area (Å²) in [5, 5.41) is 0. The SMILES string of the molecule is CC(C)(C)N=C(NN)C12CC3CC(CC(C3)C1)C2. The summed E-state index contributed by atoms with van der Waals surface area (Å²) < 4.78 is 0. The number of amidine groups is 1. The molecule has 3 heteroatoms. The second-order valence-corrected chi connectivity index (χ2v) is 7.97. The Morgan fingerprint density at radius 2 is 1.50 bits per heavy atom. The smallest absolute Gasteiger partial charge is 0.117 e. The maximum Gasteiger partial charge on any atom is 0.117 e. The monoisotopic (exact) mass is 249 g/mol. The van der Waals surface area contributed by atoms with Crippen LogP contribution in [0.1, 0.15) is 59.3 Å². The van der Waals surface area contributed by atoms with Gasteiger partial charge in [0.1, 0.15) is 5.84 Å². The first-order valence-electron chi connectivity index (χ1n) is 7.47. The Kier molecular flexibility index (Phi) is 2.74. The fraction of sp³-hybridized carbons (Fsp3) is 0.933. The molecule has 4 fully saturated rings. The van der Waals surface area contributed by atoms with Crippen LogP contribution in [0.4, 0.5) is 0 Å². The second kappa shape index (κ2) is 3.96. The first kappa shape index (κ1) is 12.5. The van der Waals surface area contributed by atoms with E-state index in [-0.39, 0.29) is 11.0 Å². The number of hydrogen-bond donors (Lipinski definition) is 2. The van der Waals surface area contributed by atoms with Crippen molar-refractivity contribution in [3.8, 4) is 0 Å². The van der Waals surface area contributed by atoms with Gasteiger partial charge in [0.05, 0.1) is 5.54 Å². The van der Waals surface area contributed by atoms with Crippen LogP contribution in [0, 0.1) is 23.2 Å². The van der Waals surface area contributed by atoms with E-state index < -0.39 is 0 Å². The fourth-order valence-electron chi connectivity index (χ4n) is 5.04. The predicted molar refractivity (Wildman–Crippen MR) is 75.1 cm³/mol. The average molecular weight is 249 g/mol. The molecule has 0 aromatic carbocycles. The number of nitrogens with one attached hydrogen (secondary N) is 1. The van der Waals surface area contributed by atoms with Crippen molar-refractivity contribution in [2.24, 2.45) is 34.0 Å². The predicted octanol–water partition coefficient (Wildman–Crippen LogP) is 2.86. The number of hydrogen-bond acceptors (Lipinski definition) is 2. The molecule has 0 heterocycles. The summed E-state index contributed by atoms with van der Waals surface area (Å²) in [5.74, 6) is 9.73. The minimum Gasteiger partial charge on any atom is -0.312 e. The van der Waals surface area contributed by atoms with Gasteiger partial charge in [0.2, 0.25) is 0 Å². The quantitative estimate of drug-likeness (QED) is 0.325. The van der Waals surface area contributed by atoms with Gasteiger partial charge >= 0.3 is 0 Å². The van der Waals surface area contributed by atoms with E-state index in [1.165, 1.54) is 38.5 Å². The van der Waals surface area contributed by atoms with Crippen LogP contribution in [0.2, 0.25) is 0 Å². The topological polar surface area (TPSA) is 50.4 Å². The number of rotatable bonds is 1. The van der Waals surface area contributed by atoms with Crippen molar-refractivity contribution in [3.63, 3.8) is 0 Å². The summed E-state index contributed by atoms with van der Waals surface area (Å²) in [5.41, 5.74) is 3.22. The molecule has 0 unspecified atom stereocenters. The van der Waals surface area contributed by atoms with Crippen LogP contribution in [0.15, 0.2) is 4.99 Å². The molecule has 0 spiro atoms. The lowest BCUT2D eigenvalue weighted by Gasteiger charge is -2.57. The lowest BCUT2D eigenvalue weighted by Crippen LogP contribution is -2.55. The van der Waals surface area contributed by atoms with Crippen LogP contribution in [0.25, 0.3) is 0 Å². The van der Waals surface area contributed by atoms with Gasteiger partial charge in [-0.1, -0.05) is 0 Å². The van der Waals surface area contributed by atoms with Crippen LogP contribution in [0.3, 0.4) is 0 Å². The maximum atomic E-state index is 5.82. The summed E-state index contributed by atoms with van der Waals surface area (Å²) >= 11 is 0. The summed E-state index contributed by atoms with van der Waals surface area (Å²) in [6, 6.07) is 0. The van der Waals surface area contributed by atoms with E-state index in [0.29, 0.717) is 0 Å². The Morgan fingerprint density at radius 3 is 1.83 bits per heavy atom. The maximum absolute atomic E-state index is 5.82. The van der Waals surface area contributed by atoms with Gasteiger partial charge < -0.3 is 5.43 Å². The van der Waals surface area contributed by atoms with E-state index in [2.05, 4.69) is 26.2 Å². The normalized spacial score (nSPS) is 43.3. The zero-order valence-corrected chi connectivity index (χ0v) is 12.0. The molecule has 0 radical (unpaired) electrons. The Bertz CT molecular complexity index is 329. The molecule has 0 aromatic rings. The van der Waals surface area contributed by atoms with Crippen LogP contribution in [-0.2, 0) is 0 Å². The highest BCUT2D eigenvalue weighted by molar-refractivity contribution is 5.88. The third-order valence-electron chi connectivity index (χ3n) is 5.12. The van der Waals surface area contributed by atoms with Crippen molar-refractivity contribution < 1.29 is 0 Å². The molecule has 102 valence electrons. The molecule has 0 saturated heterocycles. The third-order valence-corrected chi connectivity index (χ3v) is 5.12. The fourth-order valence-corrected chi connectivity index (χ4v) is 5.04. The Morgan fingerprint density at radius 1 is 1.06 bits per heavy atom. The van der Waals surface area contributed by atoms with Gasteiger partial charge in [0.25, 0.3) is 0 Å². The molecule has 0 aromatic heterocycles. The lowest BCUT2D eigenvalue weighted by molar-refractivity contribution is -0.0145. The largest absolute Gasteiger partial charge is 0.312 e. The summed E-state index contributed by atoms with van der Waals surface area (Å²) in [6.45, 7) is 6.47. The van der Waals surface area contributed by atoms with Crippen LogP contribution in [0.5, 0.6) is 0 Å². The van der Waals surface area contributed by atoms with Crippen molar-refractivity contribution in [1.82, 2.24) is 5.43 Å². The van der Waals surface area contributed by atoms with E-state index in [4.69, 9.17) is 10.8 Å². The molecule has 4 aliphatic carbocycles. The minimum atomic E-state index is -0.0367. The van der Waals surface area contributed by atoms with Crippen LogP contribution >= 0.6 is 0 Å². The summed E-state index contributed by atoms with van der Waals surface area (Å²) in [4.78, 5) is 4.90. The average Bonchev–Trinajstić information content (AvgIpc) is 2.22. The molecular formula is C15H27N3. The van der Waals surface area contributed by atoms with Gasteiger partial charge in [-0.25, -0.2) is 5.84 Å². The van der Waals surface area contributed by atoms with E-state index >= 15 is 0 Å².